The molecule has 0 saturated heterocycles. The molecule has 2 N–H and O–H groups in total. The minimum Gasteiger partial charge on any atom is -0.490 e. The van der Waals surface area contributed by atoms with Crippen LogP contribution in [-0.2, 0) is 4.79 Å². The van der Waals surface area contributed by atoms with Gasteiger partial charge in [0.2, 0.25) is 0 Å². The molecule has 0 heterocycles. The lowest BCUT2D eigenvalue weighted by atomic mass is 10.0. The third kappa shape index (κ3) is 5.59. The fourth-order valence-electron chi connectivity index (χ4n) is 2.67. The van der Waals surface area contributed by atoms with Crippen molar-refractivity contribution in [2.75, 3.05) is 13.2 Å². The minimum atomic E-state index is -0.481. The molecule has 0 aliphatic carbocycles. The third-order valence-corrected chi connectivity index (χ3v) is 4.08. The molecule has 0 aromatic heterocycles. The molecule has 0 radical (unpaired) electrons. The number of carbonyl (C=O) groups excluding carboxylic acids is 2. The van der Waals surface area contributed by atoms with Gasteiger partial charge in [0.1, 0.15) is 0 Å². The van der Waals surface area contributed by atoms with E-state index in [1.165, 1.54) is 0 Å². The Kier molecular flexibility index (Phi) is 6.84. The molecule has 148 valence electrons. The lowest BCUT2D eigenvalue weighted by Crippen LogP contribution is -2.43. The Labute approximate surface area is 169 Å². The first-order valence-corrected chi connectivity index (χ1v) is 9.26. The summed E-state index contributed by atoms with van der Waals surface area (Å²) in [6.45, 7) is 2.11. The zero-order valence-electron chi connectivity index (χ0n) is 16.1. The molecule has 0 bridgehead atoms. The summed E-state index contributed by atoms with van der Waals surface area (Å²) in [6.07, 6.45) is 0. The number of hydrazine groups is 1. The molecule has 2 amide bonds. The van der Waals surface area contributed by atoms with Crippen molar-refractivity contribution in [3.8, 4) is 22.6 Å². The van der Waals surface area contributed by atoms with Crippen molar-refractivity contribution in [3.63, 3.8) is 0 Å². The second kappa shape index (κ2) is 9.94. The maximum Gasteiger partial charge on any atom is 0.276 e. The quantitative estimate of drug-likeness (QED) is 0.605. The number of rotatable bonds is 7. The number of amides is 2. The van der Waals surface area contributed by atoms with Gasteiger partial charge in [-0.25, -0.2) is 0 Å². The molecule has 6 nitrogen and oxygen atoms in total. The van der Waals surface area contributed by atoms with E-state index >= 15 is 0 Å². The van der Waals surface area contributed by atoms with Crippen LogP contribution in [0.25, 0.3) is 11.1 Å². The van der Waals surface area contributed by atoms with E-state index in [-0.39, 0.29) is 6.61 Å². The van der Waals surface area contributed by atoms with Gasteiger partial charge in [0.05, 0.1) is 6.61 Å². The Morgan fingerprint density at radius 2 is 1.31 bits per heavy atom. The van der Waals surface area contributed by atoms with Crippen molar-refractivity contribution in [3.05, 3.63) is 84.4 Å². The van der Waals surface area contributed by atoms with Crippen molar-refractivity contribution in [1.82, 2.24) is 10.9 Å². The highest BCUT2D eigenvalue weighted by Crippen LogP contribution is 2.26. The van der Waals surface area contributed by atoms with Gasteiger partial charge in [-0.15, -0.1) is 0 Å². The van der Waals surface area contributed by atoms with Crippen LogP contribution in [0, 0.1) is 0 Å². The van der Waals surface area contributed by atoms with Crippen molar-refractivity contribution >= 4 is 11.8 Å². The molecule has 0 atom stereocenters. The highest BCUT2D eigenvalue weighted by Gasteiger charge is 2.10. The van der Waals surface area contributed by atoms with E-state index in [1.807, 2.05) is 55.5 Å². The Balaban J connectivity index is 1.49. The molecule has 0 spiro atoms. The summed E-state index contributed by atoms with van der Waals surface area (Å²) in [4.78, 5) is 24.2. The molecular formula is C23H22N2O4. The van der Waals surface area contributed by atoms with Crippen LogP contribution in [0.1, 0.15) is 17.3 Å². The number of benzene rings is 3. The average Bonchev–Trinajstić information content (AvgIpc) is 2.78. The van der Waals surface area contributed by atoms with Crippen LogP contribution in [0.15, 0.2) is 78.9 Å². The second-order valence-corrected chi connectivity index (χ2v) is 6.11. The number of carbonyl (C=O) groups is 2. The van der Waals surface area contributed by atoms with Crippen molar-refractivity contribution in [1.29, 1.82) is 0 Å². The normalized spacial score (nSPS) is 10.1. The van der Waals surface area contributed by atoms with E-state index in [9.17, 15) is 9.59 Å². The van der Waals surface area contributed by atoms with E-state index < -0.39 is 11.8 Å². The van der Waals surface area contributed by atoms with Gasteiger partial charge in [-0.05, 0) is 42.3 Å². The number of nitrogens with one attached hydrogen (secondary N) is 2. The Hall–Kier alpha value is -3.80. The van der Waals surface area contributed by atoms with E-state index in [1.54, 1.807) is 30.3 Å². The maximum atomic E-state index is 12.2. The van der Waals surface area contributed by atoms with Crippen molar-refractivity contribution in [2.45, 2.75) is 6.92 Å². The standard InChI is InChI=1S/C23H22N2O4/c1-2-28-20-10-6-7-11-21(20)29-16-22(26)24-25-23(27)19-14-12-18(13-15-19)17-8-4-3-5-9-17/h3-15H,2,16H2,1H3,(H,24,26)(H,25,27). The van der Waals surface area contributed by atoms with Gasteiger partial charge in [-0.2, -0.15) is 0 Å². The monoisotopic (exact) mass is 390 g/mol. The van der Waals surface area contributed by atoms with Gasteiger partial charge in [-0.3, -0.25) is 20.4 Å². The summed E-state index contributed by atoms with van der Waals surface area (Å²) in [5, 5.41) is 0. The number of ether oxygens (including phenoxy) is 2. The second-order valence-electron chi connectivity index (χ2n) is 6.11. The highest BCUT2D eigenvalue weighted by molar-refractivity contribution is 5.95. The van der Waals surface area contributed by atoms with Crippen molar-refractivity contribution in [2.24, 2.45) is 0 Å². The van der Waals surface area contributed by atoms with Crippen molar-refractivity contribution < 1.29 is 19.1 Å². The fraction of sp³-hybridized carbons (Fsp3) is 0.130. The van der Waals surface area contributed by atoms with Gasteiger partial charge in [0.25, 0.3) is 11.8 Å². The number of para-hydroxylation sites is 2. The smallest absolute Gasteiger partial charge is 0.276 e. The summed E-state index contributed by atoms with van der Waals surface area (Å²) in [6, 6.07) is 24.1. The largest absolute Gasteiger partial charge is 0.490 e. The first kappa shape index (κ1) is 19.9. The number of hydrogen-bond donors (Lipinski definition) is 2. The molecule has 6 heteroatoms. The van der Waals surface area contributed by atoms with E-state index in [2.05, 4.69) is 10.9 Å². The topological polar surface area (TPSA) is 76.7 Å². The summed E-state index contributed by atoms with van der Waals surface area (Å²) in [5.41, 5.74) is 7.24. The zero-order chi connectivity index (χ0) is 20.5. The zero-order valence-corrected chi connectivity index (χ0v) is 16.1. The van der Waals surface area contributed by atoms with Crippen LogP contribution in [0.3, 0.4) is 0 Å². The first-order valence-electron chi connectivity index (χ1n) is 9.26. The third-order valence-electron chi connectivity index (χ3n) is 4.08. The van der Waals surface area contributed by atoms with Crippen LogP contribution >= 0.6 is 0 Å². The molecule has 0 saturated carbocycles. The molecule has 0 fully saturated rings. The molecule has 0 aliphatic heterocycles. The minimum absolute atomic E-state index is 0.253. The van der Waals surface area contributed by atoms with E-state index in [4.69, 9.17) is 9.47 Å². The Morgan fingerprint density at radius 3 is 1.97 bits per heavy atom. The molecule has 0 aliphatic rings. The van der Waals surface area contributed by atoms with Gasteiger partial charge in [0, 0.05) is 5.56 Å². The maximum absolute atomic E-state index is 12.2. The summed E-state index contributed by atoms with van der Waals surface area (Å²) >= 11 is 0. The first-order chi connectivity index (χ1) is 14.2. The predicted octanol–water partition coefficient (Wildman–Crippen LogP) is 3.59. The van der Waals surface area contributed by atoms with Crippen LogP contribution in [0.4, 0.5) is 0 Å². The average molecular weight is 390 g/mol. The fourth-order valence-corrected chi connectivity index (χ4v) is 2.67. The SMILES string of the molecule is CCOc1ccccc1OCC(=O)NNC(=O)c1ccc(-c2ccccc2)cc1. The van der Waals surface area contributed by atoms with Crippen LogP contribution in [-0.4, -0.2) is 25.0 Å². The summed E-state index contributed by atoms with van der Waals surface area (Å²) < 4.78 is 10.9. The molecule has 3 aromatic rings. The van der Waals surface area contributed by atoms with E-state index in [0.29, 0.717) is 23.7 Å². The lowest BCUT2D eigenvalue weighted by Gasteiger charge is -2.12. The Bertz CT molecular complexity index is 956. The highest BCUT2D eigenvalue weighted by atomic mass is 16.5. The number of hydrogen-bond acceptors (Lipinski definition) is 4. The molecule has 3 rings (SSSR count). The summed E-state index contributed by atoms with van der Waals surface area (Å²) in [7, 11) is 0. The predicted molar refractivity (Wildman–Crippen MR) is 111 cm³/mol. The molecule has 0 unspecified atom stereocenters. The lowest BCUT2D eigenvalue weighted by molar-refractivity contribution is -0.123. The molecular weight excluding hydrogens is 368 g/mol. The van der Waals surface area contributed by atoms with Crippen LogP contribution in [0.5, 0.6) is 11.5 Å². The van der Waals surface area contributed by atoms with E-state index in [0.717, 1.165) is 11.1 Å². The van der Waals surface area contributed by atoms with Gasteiger partial charge in [-0.1, -0.05) is 54.6 Å². The Morgan fingerprint density at radius 1 is 0.724 bits per heavy atom. The van der Waals surface area contributed by atoms with Gasteiger partial charge >= 0.3 is 0 Å². The molecule has 3 aromatic carbocycles. The summed E-state index contributed by atoms with van der Waals surface area (Å²) in [5.74, 6) is 0.135. The van der Waals surface area contributed by atoms with Gasteiger partial charge < -0.3 is 9.47 Å². The van der Waals surface area contributed by atoms with Crippen LogP contribution in [0.2, 0.25) is 0 Å². The molecule has 29 heavy (non-hydrogen) atoms. The van der Waals surface area contributed by atoms with Gasteiger partial charge in [0.15, 0.2) is 18.1 Å². The van der Waals surface area contributed by atoms with Crippen LogP contribution < -0.4 is 20.3 Å².